The summed E-state index contributed by atoms with van der Waals surface area (Å²) in [7, 11) is 0. The topological polar surface area (TPSA) is 156 Å². The molecule has 0 aliphatic carbocycles. The Bertz CT molecular complexity index is 2020. The number of aryl methyl sites for hydroxylation is 1. The Hall–Kier alpha value is -4.01. The van der Waals surface area contributed by atoms with Gasteiger partial charge in [0, 0.05) is 5.56 Å². The summed E-state index contributed by atoms with van der Waals surface area (Å²) in [6, 6.07) is 20.9. The molecule has 0 aliphatic rings. The summed E-state index contributed by atoms with van der Waals surface area (Å²) in [5.41, 5.74) is 4.80. The van der Waals surface area contributed by atoms with E-state index in [1.165, 1.54) is 0 Å². The predicted octanol–water partition coefficient (Wildman–Crippen LogP) is 4.06. The SMILES string of the molecule is CCOc1nc2cccc(C(=O)OCc3oc(=O)oc3C)c2n1Cc1ccc(-c2ccccc2-c2noc(=O)[nH]2)cc1.[KH]. The van der Waals surface area contributed by atoms with Gasteiger partial charge in [-0.15, -0.1) is 0 Å². The van der Waals surface area contributed by atoms with Gasteiger partial charge in [0.15, 0.2) is 24.0 Å². The molecule has 0 radical (unpaired) electrons. The normalized spacial score (nSPS) is 10.9. The number of hydrogen-bond donors (Lipinski definition) is 1. The molecule has 0 saturated carbocycles. The number of fused-ring (bicyclic) bond motifs is 1. The molecule has 3 heterocycles. The van der Waals surface area contributed by atoms with Crippen molar-refractivity contribution in [3.8, 4) is 28.5 Å². The Balaban J connectivity index is 0.00000368. The molecule has 0 unspecified atom stereocenters. The maximum atomic E-state index is 13.2. The van der Waals surface area contributed by atoms with Gasteiger partial charge >= 0.3 is 68.9 Å². The van der Waals surface area contributed by atoms with Crippen molar-refractivity contribution in [3.63, 3.8) is 0 Å². The fourth-order valence-electron chi connectivity index (χ4n) is 4.69. The van der Waals surface area contributed by atoms with Crippen LogP contribution in [0.15, 0.2) is 89.7 Å². The van der Waals surface area contributed by atoms with E-state index in [0.717, 1.165) is 22.3 Å². The van der Waals surface area contributed by atoms with Gasteiger partial charge in [-0.2, -0.15) is 4.98 Å². The second kappa shape index (κ2) is 13.1. The van der Waals surface area contributed by atoms with Crippen LogP contribution in [0, 0.1) is 6.92 Å². The van der Waals surface area contributed by atoms with Gasteiger partial charge < -0.3 is 18.3 Å². The Morgan fingerprint density at radius 2 is 1.74 bits per heavy atom. The molecule has 13 heteroatoms. The average Bonchev–Trinajstić information content (AvgIpc) is 3.68. The Morgan fingerprint density at radius 1 is 0.977 bits per heavy atom. The molecule has 3 aromatic heterocycles. The van der Waals surface area contributed by atoms with Crippen LogP contribution in [0.25, 0.3) is 33.5 Å². The van der Waals surface area contributed by atoms with Crippen LogP contribution in [0.5, 0.6) is 6.01 Å². The molecule has 0 saturated heterocycles. The van der Waals surface area contributed by atoms with Gasteiger partial charge in [-0.25, -0.2) is 14.4 Å². The van der Waals surface area contributed by atoms with Gasteiger partial charge in [0.25, 0.3) is 6.01 Å². The fraction of sp³-hybridized carbons (Fsp3) is 0.167. The molecule has 0 amide bonds. The molecule has 43 heavy (non-hydrogen) atoms. The van der Waals surface area contributed by atoms with Crippen LogP contribution in [0.2, 0.25) is 0 Å². The van der Waals surface area contributed by atoms with E-state index in [0.29, 0.717) is 36.0 Å². The Labute approximate surface area is 286 Å². The first-order valence-corrected chi connectivity index (χ1v) is 13.0. The first kappa shape index (κ1) is 30.4. The van der Waals surface area contributed by atoms with Crippen molar-refractivity contribution >= 4 is 68.4 Å². The summed E-state index contributed by atoms with van der Waals surface area (Å²) in [6.45, 7) is 3.88. The first-order valence-electron chi connectivity index (χ1n) is 13.0. The molecule has 6 rings (SSSR count). The van der Waals surface area contributed by atoms with Crippen molar-refractivity contribution in [1.82, 2.24) is 19.7 Å². The second-order valence-corrected chi connectivity index (χ2v) is 9.28. The second-order valence-electron chi connectivity index (χ2n) is 9.28. The van der Waals surface area contributed by atoms with Crippen LogP contribution in [0.3, 0.4) is 0 Å². The number of benzene rings is 3. The van der Waals surface area contributed by atoms with Crippen LogP contribution in [-0.4, -0.2) is 83.7 Å². The number of imidazole rings is 1. The van der Waals surface area contributed by atoms with E-state index in [2.05, 4.69) is 19.6 Å². The van der Waals surface area contributed by atoms with E-state index in [1.54, 1.807) is 25.1 Å². The maximum absolute atomic E-state index is 13.2. The molecule has 12 nitrogen and oxygen atoms in total. The third kappa shape index (κ3) is 6.35. The number of aromatic amines is 1. The molecular formula is C30H25KN4O8. The molecule has 0 atom stereocenters. The van der Waals surface area contributed by atoms with Crippen molar-refractivity contribution < 1.29 is 27.6 Å². The average molecular weight is 609 g/mol. The third-order valence-electron chi connectivity index (χ3n) is 6.62. The van der Waals surface area contributed by atoms with Gasteiger partial charge in [0.2, 0.25) is 0 Å². The summed E-state index contributed by atoms with van der Waals surface area (Å²) < 4.78 is 27.6. The monoisotopic (exact) mass is 608 g/mol. The van der Waals surface area contributed by atoms with Crippen molar-refractivity contribution in [2.75, 3.05) is 6.61 Å². The van der Waals surface area contributed by atoms with Gasteiger partial charge in [-0.3, -0.25) is 14.1 Å². The number of rotatable bonds is 9. The molecule has 214 valence electrons. The number of aromatic nitrogens is 4. The van der Waals surface area contributed by atoms with E-state index in [9.17, 15) is 14.4 Å². The zero-order valence-electron chi connectivity index (χ0n) is 22.6. The number of para-hydroxylation sites is 1. The van der Waals surface area contributed by atoms with Gasteiger partial charge in [0.05, 0.1) is 29.7 Å². The predicted molar refractivity (Wildman–Crippen MR) is 156 cm³/mol. The minimum atomic E-state index is -0.859. The van der Waals surface area contributed by atoms with Crippen LogP contribution >= 0.6 is 0 Å². The van der Waals surface area contributed by atoms with E-state index in [4.69, 9.17) is 18.3 Å². The number of nitrogens with one attached hydrogen (secondary N) is 1. The number of carbonyl (C=O) groups excluding carboxylic acids is 1. The zero-order chi connectivity index (χ0) is 29.2. The number of H-pyrrole nitrogens is 1. The first-order chi connectivity index (χ1) is 20.4. The molecule has 6 aromatic rings. The summed E-state index contributed by atoms with van der Waals surface area (Å²) in [6.07, 6.45) is 0. The summed E-state index contributed by atoms with van der Waals surface area (Å²) in [5.74, 6) is -1.38. The number of nitrogens with zero attached hydrogens (tertiary/aromatic N) is 3. The van der Waals surface area contributed by atoms with E-state index < -0.39 is 17.5 Å². The summed E-state index contributed by atoms with van der Waals surface area (Å²) >= 11 is 0. The minimum absolute atomic E-state index is 0. The van der Waals surface area contributed by atoms with Crippen LogP contribution in [0.4, 0.5) is 0 Å². The van der Waals surface area contributed by atoms with Crippen molar-refractivity contribution in [2.24, 2.45) is 0 Å². The molecule has 1 N–H and O–H groups in total. The number of esters is 1. The van der Waals surface area contributed by atoms with Crippen molar-refractivity contribution in [3.05, 3.63) is 111 Å². The van der Waals surface area contributed by atoms with Crippen LogP contribution in [0.1, 0.15) is 34.4 Å². The van der Waals surface area contributed by atoms with Gasteiger partial charge in [-0.1, -0.05) is 59.8 Å². The number of hydrogen-bond acceptors (Lipinski definition) is 10. The van der Waals surface area contributed by atoms with Crippen LogP contribution in [-0.2, 0) is 17.9 Å². The quantitative estimate of drug-likeness (QED) is 0.188. The summed E-state index contributed by atoms with van der Waals surface area (Å²) in [5, 5.41) is 3.83. The summed E-state index contributed by atoms with van der Waals surface area (Å²) in [4.78, 5) is 43.2. The Morgan fingerprint density at radius 3 is 2.42 bits per heavy atom. The molecule has 0 bridgehead atoms. The fourth-order valence-corrected chi connectivity index (χ4v) is 4.69. The van der Waals surface area contributed by atoms with E-state index in [1.807, 2.05) is 60.0 Å². The molecule has 0 fully saturated rings. The Kier molecular flexibility index (Phi) is 9.27. The van der Waals surface area contributed by atoms with E-state index in [-0.39, 0.29) is 75.1 Å². The third-order valence-corrected chi connectivity index (χ3v) is 6.62. The van der Waals surface area contributed by atoms with Crippen LogP contribution < -0.4 is 16.3 Å². The van der Waals surface area contributed by atoms with Crippen molar-refractivity contribution in [1.29, 1.82) is 0 Å². The molecule has 0 spiro atoms. The number of ether oxygens (including phenoxy) is 2. The van der Waals surface area contributed by atoms with E-state index >= 15 is 0 Å². The van der Waals surface area contributed by atoms with Gasteiger partial charge in [-0.05, 0) is 42.7 Å². The molecule has 3 aromatic carbocycles. The molecular weight excluding hydrogens is 583 g/mol. The van der Waals surface area contributed by atoms with Crippen molar-refractivity contribution in [2.45, 2.75) is 27.0 Å². The number of carbonyl (C=O) groups is 1. The zero-order valence-corrected chi connectivity index (χ0v) is 22.6. The standard InChI is InChI=1S/C30H24N4O8.K.H/c1-3-38-28-31-23-10-6-9-22(27(35)39-16-24-17(2)40-30(37)41-24)25(23)34(28)15-18-11-13-19(14-12-18)20-7-4-5-8-21(20)26-32-29(36)42-33-26;;/h4-14H,3,15-16H2,1-2H3,(H,32,33,36);;. The van der Waals surface area contributed by atoms with Gasteiger partial charge in [0.1, 0.15) is 0 Å². The molecule has 0 aliphatic heterocycles.